The Morgan fingerprint density at radius 1 is 1.53 bits per heavy atom. The SMILES string of the molecule is CC(C)(C)c1csc(CN(CC(=O)O)CC2CC2)n1. The van der Waals surface area contributed by atoms with Crippen LogP contribution in [0, 0.1) is 5.92 Å². The molecule has 0 spiro atoms. The topological polar surface area (TPSA) is 53.4 Å². The first-order valence-corrected chi connectivity index (χ1v) is 7.61. The smallest absolute Gasteiger partial charge is 0.317 e. The zero-order valence-electron chi connectivity index (χ0n) is 11.8. The maximum Gasteiger partial charge on any atom is 0.317 e. The average Bonchev–Trinajstić information content (AvgIpc) is 2.91. The van der Waals surface area contributed by atoms with Crippen LogP contribution in [-0.4, -0.2) is 34.0 Å². The van der Waals surface area contributed by atoms with Gasteiger partial charge in [0.2, 0.25) is 0 Å². The van der Waals surface area contributed by atoms with Crippen LogP contribution in [0.1, 0.15) is 44.3 Å². The Labute approximate surface area is 118 Å². The monoisotopic (exact) mass is 282 g/mol. The zero-order valence-corrected chi connectivity index (χ0v) is 12.7. The second kappa shape index (κ2) is 5.59. The zero-order chi connectivity index (χ0) is 14.0. The van der Waals surface area contributed by atoms with Gasteiger partial charge in [-0.15, -0.1) is 11.3 Å². The van der Waals surface area contributed by atoms with E-state index in [1.807, 2.05) is 4.90 Å². The van der Waals surface area contributed by atoms with Crippen LogP contribution in [-0.2, 0) is 16.8 Å². The van der Waals surface area contributed by atoms with Crippen molar-refractivity contribution in [2.24, 2.45) is 5.92 Å². The summed E-state index contributed by atoms with van der Waals surface area (Å²) >= 11 is 1.63. The molecular weight excluding hydrogens is 260 g/mol. The van der Waals surface area contributed by atoms with Gasteiger partial charge in [0.05, 0.1) is 18.8 Å². The van der Waals surface area contributed by atoms with Gasteiger partial charge in [0.1, 0.15) is 5.01 Å². The lowest BCUT2D eigenvalue weighted by atomic mass is 9.93. The number of carboxylic acid groups (broad SMARTS) is 1. The van der Waals surface area contributed by atoms with Crippen LogP contribution in [0.3, 0.4) is 0 Å². The molecular formula is C14H22N2O2S. The largest absolute Gasteiger partial charge is 0.480 e. The lowest BCUT2D eigenvalue weighted by molar-refractivity contribution is -0.138. The summed E-state index contributed by atoms with van der Waals surface area (Å²) in [5, 5.41) is 12.1. The molecule has 0 bridgehead atoms. The molecule has 19 heavy (non-hydrogen) atoms. The molecule has 1 N–H and O–H groups in total. The van der Waals surface area contributed by atoms with Crippen molar-refractivity contribution in [3.05, 3.63) is 16.1 Å². The van der Waals surface area contributed by atoms with Crippen molar-refractivity contribution in [1.29, 1.82) is 0 Å². The first-order chi connectivity index (χ1) is 8.84. The minimum atomic E-state index is -0.756. The highest BCUT2D eigenvalue weighted by molar-refractivity contribution is 7.09. The number of carboxylic acids is 1. The Hall–Kier alpha value is -0.940. The van der Waals surface area contributed by atoms with Gasteiger partial charge in [0, 0.05) is 17.3 Å². The number of aliphatic carboxylic acids is 1. The summed E-state index contributed by atoms with van der Waals surface area (Å²) < 4.78 is 0. The third-order valence-corrected chi connectivity index (χ3v) is 4.08. The van der Waals surface area contributed by atoms with Crippen LogP contribution in [0.2, 0.25) is 0 Å². The number of aromatic nitrogens is 1. The molecule has 1 aliphatic rings. The summed E-state index contributed by atoms with van der Waals surface area (Å²) in [4.78, 5) is 17.6. The Kier molecular flexibility index (Phi) is 4.26. The minimum absolute atomic E-state index is 0.0584. The van der Waals surface area contributed by atoms with Crippen LogP contribution in [0.25, 0.3) is 0 Å². The van der Waals surface area contributed by atoms with E-state index in [0.29, 0.717) is 12.5 Å². The summed E-state index contributed by atoms with van der Waals surface area (Å²) in [7, 11) is 0. The number of carbonyl (C=O) groups is 1. The molecule has 5 heteroatoms. The highest BCUT2D eigenvalue weighted by atomic mass is 32.1. The standard InChI is InChI=1S/C14H22N2O2S/c1-14(2,3)11-9-19-12(15-11)7-16(8-13(17)18)6-10-4-5-10/h9-10H,4-8H2,1-3H3,(H,17,18). The van der Waals surface area contributed by atoms with E-state index < -0.39 is 5.97 Å². The lowest BCUT2D eigenvalue weighted by Gasteiger charge is -2.19. The number of hydrogen-bond acceptors (Lipinski definition) is 4. The molecule has 1 fully saturated rings. The molecule has 0 saturated heterocycles. The number of nitrogens with zero attached hydrogens (tertiary/aromatic N) is 2. The summed E-state index contributed by atoms with van der Waals surface area (Å²) in [6.45, 7) is 8.09. The van der Waals surface area contributed by atoms with E-state index in [-0.39, 0.29) is 12.0 Å². The van der Waals surface area contributed by atoms with Gasteiger partial charge in [-0.2, -0.15) is 0 Å². The van der Waals surface area contributed by atoms with E-state index in [1.54, 1.807) is 11.3 Å². The van der Waals surface area contributed by atoms with Crippen molar-refractivity contribution in [2.45, 2.75) is 45.6 Å². The van der Waals surface area contributed by atoms with Crippen LogP contribution in [0.15, 0.2) is 5.38 Å². The first kappa shape index (κ1) is 14.5. The fraction of sp³-hybridized carbons (Fsp3) is 0.714. The third-order valence-electron chi connectivity index (χ3n) is 3.25. The Morgan fingerprint density at radius 3 is 2.68 bits per heavy atom. The van der Waals surface area contributed by atoms with E-state index >= 15 is 0 Å². The average molecular weight is 282 g/mol. The second-order valence-electron chi connectivity index (χ2n) is 6.38. The minimum Gasteiger partial charge on any atom is -0.480 e. The summed E-state index contributed by atoms with van der Waals surface area (Å²) in [5.41, 5.74) is 1.15. The second-order valence-corrected chi connectivity index (χ2v) is 7.33. The van der Waals surface area contributed by atoms with Gasteiger partial charge in [-0.1, -0.05) is 20.8 Å². The fourth-order valence-electron chi connectivity index (χ4n) is 1.96. The molecule has 1 aromatic heterocycles. The number of hydrogen-bond donors (Lipinski definition) is 1. The van der Waals surface area contributed by atoms with E-state index in [2.05, 4.69) is 31.1 Å². The van der Waals surface area contributed by atoms with Crippen LogP contribution in [0.5, 0.6) is 0 Å². The van der Waals surface area contributed by atoms with Crippen molar-refractivity contribution >= 4 is 17.3 Å². The molecule has 106 valence electrons. The molecule has 0 radical (unpaired) electrons. The van der Waals surface area contributed by atoms with Crippen molar-refractivity contribution in [2.75, 3.05) is 13.1 Å². The summed E-state index contributed by atoms with van der Waals surface area (Å²) in [6.07, 6.45) is 2.47. The maximum absolute atomic E-state index is 10.9. The molecule has 2 rings (SSSR count). The van der Waals surface area contributed by atoms with E-state index in [0.717, 1.165) is 17.2 Å². The normalized spacial score (nSPS) is 16.0. The molecule has 0 aliphatic heterocycles. The van der Waals surface area contributed by atoms with Crippen molar-refractivity contribution in [1.82, 2.24) is 9.88 Å². The van der Waals surface area contributed by atoms with Crippen molar-refractivity contribution < 1.29 is 9.90 Å². The van der Waals surface area contributed by atoms with Crippen LogP contribution < -0.4 is 0 Å². The Bertz CT molecular complexity index is 447. The predicted octanol–water partition coefficient (Wildman–Crippen LogP) is 2.74. The van der Waals surface area contributed by atoms with Gasteiger partial charge in [0.15, 0.2) is 0 Å². The lowest BCUT2D eigenvalue weighted by Crippen LogP contribution is -2.31. The number of thiazole rings is 1. The van der Waals surface area contributed by atoms with Crippen LogP contribution in [0.4, 0.5) is 0 Å². The third kappa shape index (κ3) is 4.58. The van der Waals surface area contributed by atoms with Crippen molar-refractivity contribution in [3.8, 4) is 0 Å². The molecule has 1 saturated carbocycles. The van der Waals surface area contributed by atoms with Gasteiger partial charge in [-0.25, -0.2) is 4.98 Å². The highest BCUT2D eigenvalue weighted by Crippen LogP contribution is 2.30. The van der Waals surface area contributed by atoms with Crippen LogP contribution >= 0.6 is 11.3 Å². The highest BCUT2D eigenvalue weighted by Gasteiger charge is 2.26. The van der Waals surface area contributed by atoms with E-state index in [1.165, 1.54) is 12.8 Å². The summed E-state index contributed by atoms with van der Waals surface area (Å²) in [5.74, 6) is -0.0605. The first-order valence-electron chi connectivity index (χ1n) is 6.73. The molecule has 4 nitrogen and oxygen atoms in total. The number of rotatable bonds is 6. The van der Waals surface area contributed by atoms with Gasteiger partial charge >= 0.3 is 5.97 Å². The van der Waals surface area contributed by atoms with E-state index in [9.17, 15) is 4.79 Å². The fourth-order valence-corrected chi connectivity index (χ4v) is 3.02. The molecule has 0 amide bonds. The molecule has 0 aromatic carbocycles. The molecule has 0 atom stereocenters. The molecule has 1 aromatic rings. The summed E-state index contributed by atoms with van der Waals surface area (Å²) in [6, 6.07) is 0. The Balaban J connectivity index is 1.99. The maximum atomic E-state index is 10.9. The Morgan fingerprint density at radius 2 is 2.21 bits per heavy atom. The van der Waals surface area contributed by atoms with Crippen molar-refractivity contribution in [3.63, 3.8) is 0 Å². The molecule has 1 heterocycles. The van der Waals surface area contributed by atoms with Gasteiger partial charge in [-0.3, -0.25) is 9.69 Å². The van der Waals surface area contributed by atoms with Gasteiger partial charge in [0.25, 0.3) is 0 Å². The van der Waals surface area contributed by atoms with Gasteiger partial charge < -0.3 is 5.11 Å². The van der Waals surface area contributed by atoms with E-state index in [4.69, 9.17) is 5.11 Å². The molecule has 0 unspecified atom stereocenters. The van der Waals surface area contributed by atoms with Gasteiger partial charge in [-0.05, 0) is 18.8 Å². The quantitative estimate of drug-likeness (QED) is 0.871. The predicted molar refractivity (Wildman–Crippen MR) is 76.5 cm³/mol. The molecule has 1 aliphatic carbocycles.